The number of aliphatic hydroxyl groups excluding tert-OH is 1. The van der Waals surface area contributed by atoms with Crippen LogP contribution in [0.4, 0.5) is 0 Å². The van der Waals surface area contributed by atoms with Crippen molar-refractivity contribution in [3.63, 3.8) is 0 Å². The van der Waals surface area contributed by atoms with E-state index >= 15 is 0 Å². The lowest BCUT2D eigenvalue weighted by atomic mass is 9.77. The topological polar surface area (TPSA) is 52.6 Å². The van der Waals surface area contributed by atoms with E-state index in [9.17, 15) is 9.90 Å². The van der Waals surface area contributed by atoms with E-state index < -0.39 is 6.10 Å². The third kappa shape index (κ3) is 5.03. The van der Waals surface area contributed by atoms with Crippen molar-refractivity contribution in [3.8, 4) is 0 Å². The number of aliphatic hydroxyl groups is 1. The molecule has 2 aliphatic rings. The molecule has 5 heteroatoms. The second kappa shape index (κ2) is 9.33. The summed E-state index contributed by atoms with van der Waals surface area (Å²) in [6, 6.07) is 18.1. The molecule has 2 fully saturated rings. The Morgan fingerprint density at radius 3 is 2.45 bits per heavy atom. The monoisotopic (exact) mass is 410 g/mol. The van der Waals surface area contributed by atoms with Crippen LogP contribution in [-0.4, -0.2) is 53.9 Å². The maximum Gasteiger partial charge on any atom is 0.251 e. The Morgan fingerprint density at radius 2 is 1.76 bits per heavy atom. The zero-order valence-corrected chi connectivity index (χ0v) is 17.8. The number of hydrogen-bond donors (Lipinski definition) is 2. The van der Waals surface area contributed by atoms with Crippen LogP contribution in [0.3, 0.4) is 0 Å². The lowest BCUT2D eigenvalue weighted by molar-refractivity contribution is 0.0461. The quantitative estimate of drug-likeness (QED) is 0.716. The number of likely N-dealkylation sites (tertiary alicyclic amines) is 1. The summed E-state index contributed by atoms with van der Waals surface area (Å²) in [6.07, 6.45) is 4.27. The highest BCUT2D eigenvalue weighted by atomic mass is 32.2. The maximum atomic E-state index is 12.6. The summed E-state index contributed by atoms with van der Waals surface area (Å²) in [5, 5.41) is 13.7. The van der Waals surface area contributed by atoms with Crippen LogP contribution in [0.5, 0.6) is 0 Å². The minimum Gasteiger partial charge on any atom is -0.391 e. The van der Waals surface area contributed by atoms with Gasteiger partial charge in [0.2, 0.25) is 0 Å². The summed E-state index contributed by atoms with van der Waals surface area (Å²) >= 11 is 1.66. The first-order valence-corrected chi connectivity index (χ1v) is 11.7. The lowest BCUT2D eigenvalue weighted by Gasteiger charge is -2.35. The molecule has 4 rings (SSSR count). The molecule has 1 amide bonds. The zero-order valence-electron chi connectivity index (χ0n) is 17.0. The molecule has 0 unspecified atom stereocenters. The molecule has 154 valence electrons. The lowest BCUT2D eigenvalue weighted by Crippen LogP contribution is -2.49. The molecule has 2 aromatic carbocycles. The van der Waals surface area contributed by atoms with E-state index in [4.69, 9.17) is 0 Å². The van der Waals surface area contributed by atoms with Crippen molar-refractivity contribution in [2.45, 2.75) is 36.3 Å². The van der Waals surface area contributed by atoms with Gasteiger partial charge in [-0.3, -0.25) is 4.79 Å². The van der Waals surface area contributed by atoms with Crippen molar-refractivity contribution in [3.05, 3.63) is 65.7 Å². The smallest absolute Gasteiger partial charge is 0.251 e. The Morgan fingerprint density at radius 1 is 1.07 bits per heavy atom. The van der Waals surface area contributed by atoms with Crippen molar-refractivity contribution in [1.82, 2.24) is 10.2 Å². The Labute approximate surface area is 177 Å². The number of hydrogen-bond acceptors (Lipinski definition) is 4. The fourth-order valence-electron chi connectivity index (χ4n) is 4.79. The van der Waals surface area contributed by atoms with Gasteiger partial charge in [0.05, 0.1) is 12.1 Å². The van der Waals surface area contributed by atoms with Crippen LogP contribution >= 0.6 is 11.8 Å². The molecule has 4 nitrogen and oxygen atoms in total. The van der Waals surface area contributed by atoms with Crippen LogP contribution in [0.2, 0.25) is 0 Å². The third-order valence-corrected chi connectivity index (χ3v) is 7.19. The molecule has 1 saturated heterocycles. The number of rotatable bonds is 6. The van der Waals surface area contributed by atoms with Crippen LogP contribution in [0.15, 0.2) is 59.5 Å². The third-order valence-electron chi connectivity index (χ3n) is 6.45. The minimum atomic E-state index is -0.459. The van der Waals surface area contributed by atoms with E-state index in [0.29, 0.717) is 17.4 Å². The summed E-state index contributed by atoms with van der Waals surface area (Å²) in [7, 11) is 0. The van der Waals surface area contributed by atoms with Crippen LogP contribution in [0, 0.1) is 11.8 Å². The van der Waals surface area contributed by atoms with Gasteiger partial charge in [0.25, 0.3) is 5.91 Å². The predicted molar refractivity (Wildman–Crippen MR) is 118 cm³/mol. The Balaban J connectivity index is 1.31. The SMILES string of the molecule is CSc1ccc(C(=O)N[C@H]2C[C@H]3CN(CCc4ccccc4)C[C@H]3C[C@@H]2O)cc1. The first-order valence-electron chi connectivity index (χ1n) is 10.5. The van der Waals surface area contributed by atoms with Gasteiger partial charge < -0.3 is 15.3 Å². The standard InChI is InChI=1S/C24H30N2O2S/c1-29-21-9-7-18(8-10-21)24(28)25-22-13-19-15-26(16-20(19)14-23(22)27)12-11-17-5-3-2-4-6-17/h2-10,19-20,22-23,27H,11-16H2,1H3,(H,25,28)/t19-,20+,22-,23-/m0/s1. The molecule has 29 heavy (non-hydrogen) atoms. The average Bonchev–Trinajstić information content (AvgIpc) is 3.14. The van der Waals surface area contributed by atoms with Gasteiger partial charge in [-0.15, -0.1) is 11.8 Å². The Kier molecular flexibility index (Phi) is 6.58. The molecule has 2 N–H and O–H groups in total. The zero-order chi connectivity index (χ0) is 20.2. The fraction of sp³-hybridized carbons (Fsp3) is 0.458. The Hall–Kier alpha value is -1.82. The van der Waals surface area contributed by atoms with Gasteiger partial charge in [-0.1, -0.05) is 30.3 Å². The van der Waals surface area contributed by atoms with Gasteiger partial charge in [-0.05, 0) is 67.2 Å². The van der Waals surface area contributed by atoms with Crippen LogP contribution in [0.1, 0.15) is 28.8 Å². The van der Waals surface area contributed by atoms with Gasteiger partial charge in [0, 0.05) is 30.1 Å². The van der Waals surface area contributed by atoms with Crippen LogP contribution < -0.4 is 5.32 Å². The van der Waals surface area contributed by atoms with Crippen LogP contribution in [-0.2, 0) is 6.42 Å². The molecular formula is C24H30N2O2S. The fourth-order valence-corrected chi connectivity index (χ4v) is 5.20. The number of nitrogens with one attached hydrogen (secondary N) is 1. The number of benzene rings is 2. The molecule has 1 heterocycles. The van der Waals surface area contributed by atoms with Gasteiger partial charge in [0.1, 0.15) is 0 Å². The highest BCUT2D eigenvalue weighted by Crippen LogP contribution is 2.36. The van der Waals surface area contributed by atoms with Crippen molar-refractivity contribution in [2.24, 2.45) is 11.8 Å². The summed E-state index contributed by atoms with van der Waals surface area (Å²) in [5.74, 6) is 1.01. The number of nitrogens with zero attached hydrogens (tertiary/aromatic N) is 1. The molecule has 1 aliphatic carbocycles. The summed E-state index contributed by atoms with van der Waals surface area (Å²) in [6.45, 7) is 3.19. The molecular weight excluding hydrogens is 380 g/mol. The molecule has 1 saturated carbocycles. The van der Waals surface area contributed by atoms with E-state index in [-0.39, 0.29) is 11.9 Å². The second-order valence-corrected chi connectivity index (χ2v) is 9.24. The van der Waals surface area contributed by atoms with E-state index in [2.05, 4.69) is 40.5 Å². The number of amides is 1. The van der Waals surface area contributed by atoms with Crippen molar-refractivity contribution in [2.75, 3.05) is 25.9 Å². The minimum absolute atomic E-state index is 0.0842. The van der Waals surface area contributed by atoms with Crippen molar-refractivity contribution in [1.29, 1.82) is 0 Å². The van der Waals surface area contributed by atoms with Crippen molar-refractivity contribution < 1.29 is 9.90 Å². The number of carbonyl (C=O) groups excluding carboxylic acids is 1. The van der Waals surface area contributed by atoms with Gasteiger partial charge in [-0.2, -0.15) is 0 Å². The van der Waals surface area contributed by atoms with E-state index in [0.717, 1.165) is 43.8 Å². The first kappa shape index (κ1) is 20.5. The van der Waals surface area contributed by atoms with Gasteiger partial charge in [-0.25, -0.2) is 0 Å². The van der Waals surface area contributed by atoms with E-state index in [1.807, 2.05) is 30.5 Å². The molecule has 2 aromatic rings. The summed E-state index contributed by atoms with van der Waals surface area (Å²) in [4.78, 5) is 16.3. The number of carbonyl (C=O) groups is 1. The number of fused-ring (bicyclic) bond motifs is 1. The normalized spacial score (nSPS) is 26.8. The summed E-state index contributed by atoms with van der Waals surface area (Å²) in [5.41, 5.74) is 2.04. The van der Waals surface area contributed by atoms with Gasteiger partial charge >= 0.3 is 0 Å². The molecule has 0 radical (unpaired) electrons. The predicted octanol–water partition coefficient (Wildman–Crippen LogP) is 3.45. The van der Waals surface area contributed by atoms with Gasteiger partial charge in [0.15, 0.2) is 0 Å². The highest BCUT2D eigenvalue weighted by Gasteiger charge is 2.41. The Bertz CT molecular complexity index is 811. The second-order valence-electron chi connectivity index (χ2n) is 8.36. The number of thioether (sulfide) groups is 1. The summed E-state index contributed by atoms with van der Waals surface area (Å²) < 4.78 is 0. The molecule has 1 aliphatic heterocycles. The van der Waals surface area contributed by atoms with E-state index in [1.165, 1.54) is 5.56 Å². The molecule has 0 aromatic heterocycles. The molecule has 0 bridgehead atoms. The largest absolute Gasteiger partial charge is 0.391 e. The van der Waals surface area contributed by atoms with Crippen molar-refractivity contribution >= 4 is 17.7 Å². The van der Waals surface area contributed by atoms with Crippen LogP contribution in [0.25, 0.3) is 0 Å². The molecule has 4 atom stereocenters. The maximum absolute atomic E-state index is 12.6. The highest BCUT2D eigenvalue weighted by molar-refractivity contribution is 7.98. The molecule has 0 spiro atoms. The first-order chi connectivity index (χ1) is 14.1. The average molecular weight is 411 g/mol. The van der Waals surface area contributed by atoms with E-state index in [1.54, 1.807) is 11.8 Å².